The molecule has 8 heteroatoms. The number of H-pyrrole nitrogens is 1. The smallest absolute Gasteiger partial charge is 0.419 e. The Labute approximate surface area is 153 Å². The molecule has 3 heterocycles. The first kappa shape index (κ1) is 16.8. The molecule has 0 amide bonds. The number of hydrogen-bond donors (Lipinski definition) is 2. The van der Waals surface area contributed by atoms with Crippen molar-refractivity contribution in [3.63, 3.8) is 0 Å². The van der Waals surface area contributed by atoms with Gasteiger partial charge in [-0.2, -0.15) is 0 Å². The summed E-state index contributed by atoms with van der Waals surface area (Å²) in [6.45, 7) is 2.07. The molecule has 0 spiro atoms. The molecule has 4 rings (SSSR count). The Kier molecular flexibility index (Phi) is 4.29. The van der Waals surface area contributed by atoms with E-state index in [9.17, 15) is 9.90 Å². The quantitative estimate of drug-likeness (QED) is 0.536. The molecule has 0 atom stereocenters. The summed E-state index contributed by atoms with van der Waals surface area (Å²) in [5.74, 6) is 1.55. The number of hydrogen-bond acceptors (Lipinski definition) is 7. The third-order valence-electron chi connectivity index (χ3n) is 3.99. The van der Waals surface area contributed by atoms with Crippen LogP contribution in [0.5, 0.6) is 11.6 Å². The Bertz CT molecular complexity index is 1090. The zero-order chi connectivity index (χ0) is 18.8. The summed E-state index contributed by atoms with van der Waals surface area (Å²) in [5, 5.41) is 9.56. The van der Waals surface area contributed by atoms with E-state index in [1.807, 2.05) is 19.1 Å². The van der Waals surface area contributed by atoms with Crippen LogP contribution in [0.3, 0.4) is 0 Å². The van der Waals surface area contributed by atoms with Gasteiger partial charge in [-0.05, 0) is 36.8 Å². The zero-order valence-electron chi connectivity index (χ0n) is 14.4. The van der Waals surface area contributed by atoms with Gasteiger partial charge in [-0.3, -0.25) is 4.98 Å². The summed E-state index contributed by atoms with van der Waals surface area (Å²) < 4.78 is 21.5. The molecule has 0 radical (unpaired) electrons. The number of aryl methyl sites for hydroxylation is 1. The Hall–Kier alpha value is -3.68. The number of benzene rings is 1. The number of rotatable bonds is 6. The largest absolute Gasteiger partial charge is 0.492 e. The van der Waals surface area contributed by atoms with Crippen LogP contribution in [0.15, 0.2) is 60.7 Å². The Balaban J connectivity index is 1.40. The predicted octanol–water partition coefficient (Wildman–Crippen LogP) is 3.40. The van der Waals surface area contributed by atoms with Gasteiger partial charge in [0, 0.05) is 6.42 Å². The van der Waals surface area contributed by atoms with Crippen molar-refractivity contribution in [2.45, 2.75) is 20.0 Å². The zero-order valence-corrected chi connectivity index (χ0v) is 14.4. The minimum absolute atomic E-state index is 0.192. The van der Waals surface area contributed by atoms with Crippen LogP contribution in [0.25, 0.3) is 11.7 Å². The highest BCUT2D eigenvalue weighted by molar-refractivity contribution is 5.44. The topological polar surface area (TPSA) is 115 Å². The van der Waals surface area contributed by atoms with E-state index in [2.05, 4.69) is 9.97 Å². The molecule has 0 aliphatic carbocycles. The van der Waals surface area contributed by atoms with Crippen LogP contribution < -0.4 is 10.5 Å². The van der Waals surface area contributed by atoms with E-state index in [-0.39, 0.29) is 18.2 Å². The second-order valence-corrected chi connectivity index (χ2v) is 5.89. The van der Waals surface area contributed by atoms with E-state index in [1.165, 1.54) is 0 Å². The Morgan fingerprint density at radius 3 is 2.67 bits per heavy atom. The van der Waals surface area contributed by atoms with Crippen LogP contribution in [0.1, 0.15) is 22.8 Å². The van der Waals surface area contributed by atoms with Gasteiger partial charge < -0.3 is 23.1 Å². The highest BCUT2D eigenvalue weighted by Crippen LogP contribution is 2.24. The molecule has 3 aromatic heterocycles. The van der Waals surface area contributed by atoms with Crippen LogP contribution in [0.2, 0.25) is 0 Å². The van der Waals surface area contributed by atoms with Crippen molar-refractivity contribution >= 4 is 0 Å². The van der Waals surface area contributed by atoms with Gasteiger partial charge in [-0.25, -0.2) is 9.78 Å². The predicted molar refractivity (Wildman–Crippen MR) is 93.5 cm³/mol. The molecular weight excluding hydrogens is 352 g/mol. The fourth-order valence-corrected chi connectivity index (χ4v) is 2.58. The average Bonchev–Trinajstić information content (AvgIpc) is 3.36. The van der Waals surface area contributed by atoms with Crippen molar-refractivity contribution in [3.8, 4) is 23.3 Å². The standard InChI is InChI=1S/C19H16N2O6/c1-11-14(20-18(26-11)15-3-2-8-24-15)10-25-13-6-4-12(5-7-13)9-16-17(22)21-19(23)27-16/h2-8,22H,9-10H2,1H3,(H,21,23). The molecule has 138 valence electrons. The summed E-state index contributed by atoms with van der Waals surface area (Å²) in [5.41, 5.74) is 1.54. The first-order valence-corrected chi connectivity index (χ1v) is 8.21. The Morgan fingerprint density at radius 2 is 2.00 bits per heavy atom. The van der Waals surface area contributed by atoms with E-state index >= 15 is 0 Å². The minimum atomic E-state index is -0.681. The first-order chi connectivity index (χ1) is 13.1. The van der Waals surface area contributed by atoms with Crippen molar-refractivity contribution in [2.24, 2.45) is 0 Å². The number of ether oxygens (including phenoxy) is 1. The molecule has 27 heavy (non-hydrogen) atoms. The minimum Gasteiger partial charge on any atom is -0.492 e. The lowest BCUT2D eigenvalue weighted by molar-refractivity contribution is 0.299. The number of nitrogens with one attached hydrogen (secondary N) is 1. The van der Waals surface area contributed by atoms with Crippen LogP contribution in [-0.4, -0.2) is 15.1 Å². The average molecular weight is 368 g/mol. The summed E-state index contributed by atoms with van der Waals surface area (Å²) in [6.07, 6.45) is 1.85. The van der Waals surface area contributed by atoms with Crippen LogP contribution >= 0.6 is 0 Å². The van der Waals surface area contributed by atoms with Gasteiger partial charge in [-0.15, -0.1) is 0 Å². The molecule has 0 saturated carbocycles. The fraction of sp³-hybridized carbons (Fsp3) is 0.158. The van der Waals surface area contributed by atoms with Gasteiger partial charge >= 0.3 is 5.76 Å². The van der Waals surface area contributed by atoms with Gasteiger partial charge in [0.25, 0.3) is 5.89 Å². The van der Waals surface area contributed by atoms with Gasteiger partial charge in [-0.1, -0.05) is 12.1 Å². The fourth-order valence-electron chi connectivity index (χ4n) is 2.58. The highest BCUT2D eigenvalue weighted by atomic mass is 16.5. The molecule has 0 saturated heterocycles. The molecule has 0 unspecified atom stereocenters. The monoisotopic (exact) mass is 368 g/mol. The molecule has 0 aliphatic heterocycles. The maximum atomic E-state index is 11.1. The summed E-state index contributed by atoms with van der Waals surface area (Å²) in [6, 6.07) is 10.8. The maximum Gasteiger partial charge on any atom is 0.419 e. The van der Waals surface area contributed by atoms with Crippen molar-refractivity contribution in [3.05, 3.63) is 76.0 Å². The van der Waals surface area contributed by atoms with Crippen LogP contribution in [0, 0.1) is 6.92 Å². The number of nitrogens with zero attached hydrogens (tertiary/aromatic N) is 1. The number of aromatic hydroxyl groups is 1. The normalized spacial score (nSPS) is 11.0. The summed E-state index contributed by atoms with van der Waals surface area (Å²) >= 11 is 0. The van der Waals surface area contributed by atoms with Crippen LogP contribution in [-0.2, 0) is 13.0 Å². The lowest BCUT2D eigenvalue weighted by atomic mass is 10.1. The SMILES string of the molecule is Cc1oc(-c2ccco2)nc1COc1ccc(Cc2oc(=O)[nH]c2O)cc1. The lowest BCUT2D eigenvalue weighted by Gasteiger charge is -2.05. The third kappa shape index (κ3) is 3.64. The number of furan rings is 1. The molecule has 0 bridgehead atoms. The lowest BCUT2D eigenvalue weighted by Crippen LogP contribution is -1.98. The van der Waals surface area contributed by atoms with Crippen molar-refractivity contribution in [2.75, 3.05) is 0 Å². The van der Waals surface area contributed by atoms with E-state index in [0.717, 1.165) is 5.56 Å². The van der Waals surface area contributed by atoms with E-state index in [0.29, 0.717) is 35.3 Å². The van der Waals surface area contributed by atoms with Gasteiger partial charge in [0.1, 0.15) is 23.8 Å². The second-order valence-electron chi connectivity index (χ2n) is 5.89. The van der Waals surface area contributed by atoms with E-state index in [1.54, 1.807) is 30.5 Å². The maximum absolute atomic E-state index is 11.1. The van der Waals surface area contributed by atoms with Gasteiger partial charge in [0.2, 0.25) is 5.88 Å². The number of aromatic nitrogens is 2. The second kappa shape index (κ2) is 6.91. The molecular formula is C19H16N2O6. The molecule has 0 fully saturated rings. The van der Waals surface area contributed by atoms with Crippen molar-refractivity contribution < 1.29 is 23.1 Å². The molecule has 0 aliphatic rings. The number of aromatic amines is 1. The number of oxazole rings is 2. The molecule has 4 aromatic rings. The highest BCUT2D eigenvalue weighted by Gasteiger charge is 2.14. The van der Waals surface area contributed by atoms with Gasteiger partial charge in [0.05, 0.1) is 6.26 Å². The molecule has 1 aromatic carbocycles. The van der Waals surface area contributed by atoms with Crippen molar-refractivity contribution in [1.82, 2.24) is 9.97 Å². The first-order valence-electron chi connectivity index (χ1n) is 8.21. The van der Waals surface area contributed by atoms with Crippen LogP contribution in [0.4, 0.5) is 0 Å². The molecule has 8 nitrogen and oxygen atoms in total. The Morgan fingerprint density at radius 1 is 1.19 bits per heavy atom. The third-order valence-corrected chi connectivity index (χ3v) is 3.99. The summed E-state index contributed by atoms with van der Waals surface area (Å²) in [4.78, 5) is 17.6. The molecule has 2 N–H and O–H groups in total. The van der Waals surface area contributed by atoms with E-state index in [4.69, 9.17) is 18.0 Å². The van der Waals surface area contributed by atoms with E-state index < -0.39 is 5.76 Å². The summed E-state index contributed by atoms with van der Waals surface area (Å²) in [7, 11) is 0. The van der Waals surface area contributed by atoms with Gasteiger partial charge in [0.15, 0.2) is 11.5 Å². The van der Waals surface area contributed by atoms with Crippen molar-refractivity contribution in [1.29, 1.82) is 0 Å².